The molecule has 1 heterocycles. The number of methoxy groups -OCH3 is 1. The summed E-state index contributed by atoms with van der Waals surface area (Å²) >= 11 is 0. The van der Waals surface area contributed by atoms with Crippen LogP contribution < -0.4 is 0 Å². The quantitative estimate of drug-likeness (QED) is 0.433. The number of halogens is 1. The molecule has 3 aromatic carbocycles. The Labute approximate surface area is 203 Å². The van der Waals surface area contributed by atoms with Gasteiger partial charge in [0.15, 0.2) is 0 Å². The molecule has 3 aromatic rings. The van der Waals surface area contributed by atoms with E-state index in [-0.39, 0.29) is 12.4 Å². The molecule has 1 aliphatic heterocycles. The number of hydrogen-bond donors (Lipinski definition) is 0. The lowest BCUT2D eigenvalue weighted by Crippen LogP contribution is -2.43. The summed E-state index contributed by atoms with van der Waals surface area (Å²) in [5.41, 5.74) is 1.30. The Morgan fingerprint density at radius 2 is 1.73 bits per heavy atom. The van der Waals surface area contributed by atoms with Crippen molar-refractivity contribution in [1.82, 2.24) is 9.21 Å². The van der Waals surface area contributed by atoms with Crippen molar-refractivity contribution in [2.75, 3.05) is 39.9 Å². The van der Waals surface area contributed by atoms with Gasteiger partial charge in [0.05, 0.1) is 11.5 Å². The second-order valence-electron chi connectivity index (χ2n) is 8.59. The van der Waals surface area contributed by atoms with Crippen molar-refractivity contribution in [2.45, 2.75) is 24.3 Å². The highest BCUT2D eigenvalue weighted by molar-refractivity contribution is 7.89. The summed E-state index contributed by atoms with van der Waals surface area (Å²) in [6.07, 6.45) is 2.13. The minimum absolute atomic E-state index is 0. The number of piperidine rings is 1. The van der Waals surface area contributed by atoms with Crippen LogP contribution in [0.4, 0.5) is 0 Å². The van der Waals surface area contributed by atoms with E-state index in [1.807, 2.05) is 36.4 Å². The fourth-order valence-electron chi connectivity index (χ4n) is 4.55. The lowest BCUT2D eigenvalue weighted by atomic mass is 9.97. The maximum absolute atomic E-state index is 13.6. The molecule has 1 unspecified atom stereocenters. The normalized spacial score (nSPS) is 17.2. The van der Waals surface area contributed by atoms with Gasteiger partial charge in [0.1, 0.15) is 0 Å². The summed E-state index contributed by atoms with van der Waals surface area (Å²) < 4.78 is 34.0. The molecule has 0 aliphatic carbocycles. The molecule has 1 saturated heterocycles. The number of benzene rings is 3. The van der Waals surface area contributed by atoms with Gasteiger partial charge in [0.25, 0.3) is 0 Å². The smallest absolute Gasteiger partial charge is 0.243 e. The summed E-state index contributed by atoms with van der Waals surface area (Å²) in [7, 11) is -1.99. The van der Waals surface area contributed by atoms with Gasteiger partial charge < -0.3 is 4.74 Å². The van der Waals surface area contributed by atoms with E-state index in [2.05, 4.69) is 29.2 Å². The second-order valence-corrected chi connectivity index (χ2v) is 10.5. The van der Waals surface area contributed by atoms with Gasteiger partial charge in [-0.1, -0.05) is 60.7 Å². The van der Waals surface area contributed by atoms with Crippen LogP contribution >= 0.6 is 12.4 Å². The molecule has 0 bridgehead atoms. The van der Waals surface area contributed by atoms with E-state index in [0.29, 0.717) is 30.5 Å². The van der Waals surface area contributed by atoms with Gasteiger partial charge in [-0.2, -0.15) is 4.31 Å². The fourth-order valence-corrected chi connectivity index (χ4v) is 6.09. The summed E-state index contributed by atoms with van der Waals surface area (Å²) in [4.78, 5) is 2.80. The maximum atomic E-state index is 13.6. The number of fused-ring (bicyclic) bond motifs is 1. The first-order chi connectivity index (χ1) is 15.6. The second kappa shape index (κ2) is 12.0. The highest BCUT2D eigenvalue weighted by Gasteiger charge is 2.29. The average Bonchev–Trinajstić information content (AvgIpc) is 2.82. The Morgan fingerprint density at radius 3 is 2.48 bits per heavy atom. The van der Waals surface area contributed by atoms with E-state index in [0.717, 1.165) is 43.2 Å². The Balaban J connectivity index is 0.00000306. The third kappa shape index (κ3) is 6.55. The molecule has 4 rings (SSSR count). The van der Waals surface area contributed by atoms with E-state index in [1.54, 1.807) is 23.5 Å². The molecular formula is C26H33ClN2O3S. The first kappa shape index (κ1) is 25.7. The number of ether oxygens (including phenoxy) is 1. The van der Waals surface area contributed by atoms with Crippen LogP contribution in [0.3, 0.4) is 0 Å². The predicted molar refractivity (Wildman–Crippen MR) is 136 cm³/mol. The van der Waals surface area contributed by atoms with Crippen LogP contribution in [0.1, 0.15) is 18.4 Å². The van der Waals surface area contributed by atoms with Crippen molar-refractivity contribution < 1.29 is 13.2 Å². The van der Waals surface area contributed by atoms with Gasteiger partial charge >= 0.3 is 0 Å². The Hall–Kier alpha value is -1.96. The Kier molecular flexibility index (Phi) is 9.29. The molecule has 0 N–H and O–H groups in total. The summed E-state index contributed by atoms with van der Waals surface area (Å²) in [5.74, 6) is 0.305. The van der Waals surface area contributed by atoms with Crippen molar-refractivity contribution in [1.29, 1.82) is 0 Å². The number of nitrogens with zero attached hydrogens (tertiary/aromatic N) is 2. The molecule has 178 valence electrons. The zero-order valence-electron chi connectivity index (χ0n) is 19.1. The molecule has 0 saturated carbocycles. The van der Waals surface area contributed by atoms with Gasteiger partial charge in [-0.25, -0.2) is 8.42 Å². The SMILES string of the molecule is COCCN(CC1CCCN(Cc2ccccc2)C1)S(=O)(=O)c1ccc2ccccc2c1.Cl. The van der Waals surface area contributed by atoms with Crippen LogP contribution in [0.5, 0.6) is 0 Å². The van der Waals surface area contributed by atoms with Crippen LogP contribution in [-0.2, 0) is 21.3 Å². The van der Waals surface area contributed by atoms with Crippen LogP contribution in [0.25, 0.3) is 10.8 Å². The van der Waals surface area contributed by atoms with Gasteiger partial charge in [-0.3, -0.25) is 4.90 Å². The van der Waals surface area contributed by atoms with Crippen molar-refractivity contribution >= 4 is 33.2 Å². The zero-order chi connectivity index (χ0) is 22.4. The molecule has 0 aromatic heterocycles. The van der Waals surface area contributed by atoms with E-state index < -0.39 is 10.0 Å². The lowest BCUT2D eigenvalue weighted by Gasteiger charge is -2.35. The van der Waals surface area contributed by atoms with Crippen molar-refractivity contribution in [2.24, 2.45) is 5.92 Å². The predicted octanol–water partition coefficient (Wildman–Crippen LogP) is 4.81. The largest absolute Gasteiger partial charge is 0.383 e. The maximum Gasteiger partial charge on any atom is 0.243 e. The molecule has 1 atom stereocenters. The van der Waals surface area contributed by atoms with E-state index in [4.69, 9.17) is 4.74 Å². The third-order valence-corrected chi connectivity index (χ3v) is 8.08. The molecule has 0 amide bonds. The molecule has 0 spiro atoms. The van der Waals surface area contributed by atoms with Gasteiger partial charge in [0, 0.05) is 33.3 Å². The summed E-state index contributed by atoms with van der Waals surface area (Å²) in [6, 6.07) is 23.7. The van der Waals surface area contributed by atoms with E-state index in [9.17, 15) is 8.42 Å². The zero-order valence-corrected chi connectivity index (χ0v) is 20.7. The highest BCUT2D eigenvalue weighted by Crippen LogP contribution is 2.25. The molecule has 7 heteroatoms. The number of likely N-dealkylation sites (tertiary alicyclic amines) is 1. The first-order valence-electron chi connectivity index (χ1n) is 11.3. The van der Waals surface area contributed by atoms with Crippen LogP contribution in [-0.4, -0.2) is 57.5 Å². The fraction of sp³-hybridized carbons (Fsp3) is 0.385. The lowest BCUT2D eigenvalue weighted by molar-refractivity contribution is 0.135. The first-order valence-corrected chi connectivity index (χ1v) is 12.7. The van der Waals surface area contributed by atoms with Crippen molar-refractivity contribution in [3.05, 3.63) is 78.4 Å². The Bertz CT molecular complexity index is 1120. The molecule has 1 aliphatic rings. The Morgan fingerprint density at radius 1 is 1.00 bits per heavy atom. The number of hydrogen-bond acceptors (Lipinski definition) is 4. The molecule has 33 heavy (non-hydrogen) atoms. The molecule has 1 fully saturated rings. The monoisotopic (exact) mass is 488 g/mol. The molecule has 0 radical (unpaired) electrons. The van der Waals surface area contributed by atoms with E-state index in [1.165, 1.54) is 5.56 Å². The highest BCUT2D eigenvalue weighted by atomic mass is 35.5. The average molecular weight is 489 g/mol. The van der Waals surface area contributed by atoms with Crippen LogP contribution in [0.15, 0.2) is 77.7 Å². The number of rotatable bonds is 9. The van der Waals surface area contributed by atoms with Gasteiger partial charge in [-0.15, -0.1) is 12.4 Å². The molecular weight excluding hydrogens is 456 g/mol. The van der Waals surface area contributed by atoms with E-state index >= 15 is 0 Å². The topological polar surface area (TPSA) is 49.9 Å². The van der Waals surface area contributed by atoms with Gasteiger partial charge in [0.2, 0.25) is 10.0 Å². The van der Waals surface area contributed by atoms with Gasteiger partial charge in [-0.05, 0) is 53.8 Å². The standard InChI is InChI=1S/C26H32N2O3S.ClH/c1-31-17-16-28(32(29,30)26-14-13-24-11-5-6-12-25(24)18-26)21-23-10-7-15-27(20-23)19-22-8-3-2-4-9-22;/h2-6,8-9,11-14,18,23H,7,10,15-17,19-21H2,1H3;1H. The minimum Gasteiger partial charge on any atom is -0.383 e. The minimum atomic E-state index is -3.61. The third-order valence-electron chi connectivity index (χ3n) is 6.22. The van der Waals surface area contributed by atoms with Crippen molar-refractivity contribution in [3.63, 3.8) is 0 Å². The van der Waals surface area contributed by atoms with Crippen molar-refractivity contribution in [3.8, 4) is 0 Å². The van der Waals surface area contributed by atoms with Crippen LogP contribution in [0.2, 0.25) is 0 Å². The molecule has 5 nitrogen and oxygen atoms in total. The van der Waals surface area contributed by atoms with Crippen LogP contribution in [0, 0.1) is 5.92 Å². The number of sulfonamides is 1. The summed E-state index contributed by atoms with van der Waals surface area (Å²) in [6.45, 7) is 4.14. The summed E-state index contributed by atoms with van der Waals surface area (Å²) in [5, 5.41) is 1.98.